The molecule has 2 atom stereocenters. The Morgan fingerprint density at radius 3 is 2.67 bits per heavy atom. The summed E-state index contributed by atoms with van der Waals surface area (Å²) in [6, 6.07) is 3.95. The summed E-state index contributed by atoms with van der Waals surface area (Å²) in [6.45, 7) is 3.74. The predicted molar refractivity (Wildman–Crippen MR) is 86.8 cm³/mol. The van der Waals surface area contributed by atoms with Crippen LogP contribution in [0.4, 0.5) is 0 Å². The smallest absolute Gasteiger partial charge is 0.260 e. The van der Waals surface area contributed by atoms with Crippen LogP contribution in [0.5, 0.6) is 11.5 Å². The Morgan fingerprint density at radius 2 is 2.14 bits per heavy atom. The molecule has 118 valence electrons. The molecule has 0 aromatic heterocycles. The van der Waals surface area contributed by atoms with Crippen LogP contribution in [0.2, 0.25) is 0 Å². The fourth-order valence-electron chi connectivity index (χ4n) is 1.89. The number of rotatable bonds is 7. The maximum atomic E-state index is 11.6. The van der Waals surface area contributed by atoms with Crippen molar-refractivity contribution >= 4 is 21.8 Å². The largest absolute Gasteiger partial charge is 0.493 e. The van der Waals surface area contributed by atoms with Gasteiger partial charge in [0.05, 0.1) is 11.6 Å². The molecule has 0 saturated carbocycles. The number of likely N-dealkylation sites (N-methyl/N-ethyl adjacent to an activating group) is 1. The molecule has 0 radical (unpaired) electrons. The van der Waals surface area contributed by atoms with Crippen LogP contribution in [0, 0.1) is 0 Å². The first-order valence-electron chi connectivity index (χ1n) is 6.93. The van der Waals surface area contributed by atoms with E-state index in [9.17, 15) is 4.79 Å². The third-order valence-corrected chi connectivity index (χ3v) is 3.81. The zero-order valence-corrected chi connectivity index (χ0v) is 14.5. The minimum atomic E-state index is -0.607. The first kappa shape index (κ1) is 17.8. The first-order chi connectivity index (χ1) is 9.92. The number of carbonyl (C=O) groups excluding carboxylic acids is 1. The highest BCUT2D eigenvalue weighted by Crippen LogP contribution is 2.37. The molecule has 0 aliphatic carbocycles. The maximum Gasteiger partial charge on any atom is 0.260 e. The molecule has 6 heteroatoms. The fourth-order valence-corrected chi connectivity index (χ4v) is 2.47. The van der Waals surface area contributed by atoms with Crippen LogP contribution in [0.3, 0.4) is 0 Å². The van der Waals surface area contributed by atoms with Crippen molar-refractivity contribution in [3.63, 3.8) is 0 Å². The van der Waals surface area contributed by atoms with Crippen molar-refractivity contribution in [1.29, 1.82) is 0 Å². The monoisotopic (exact) mass is 358 g/mol. The average molecular weight is 359 g/mol. The molecule has 0 spiro atoms. The summed E-state index contributed by atoms with van der Waals surface area (Å²) in [6.07, 6.45) is 1.06. The second-order valence-corrected chi connectivity index (χ2v) is 5.71. The normalized spacial score (nSPS) is 13.4. The van der Waals surface area contributed by atoms with E-state index in [0.717, 1.165) is 22.9 Å². The van der Waals surface area contributed by atoms with E-state index in [0.29, 0.717) is 11.5 Å². The Morgan fingerprint density at radius 1 is 1.48 bits per heavy atom. The summed E-state index contributed by atoms with van der Waals surface area (Å²) in [7, 11) is 3.15. The lowest BCUT2D eigenvalue weighted by molar-refractivity contribution is -0.126. The Kier molecular flexibility index (Phi) is 6.98. The lowest BCUT2D eigenvalue weighted by Crippen LogP contribution is -2.33. The lowest BCUT2D eigenvalue weighted by atomic mass is 10.0. The highest BCUT2D eigenvalue weighted by atomic mass is 79.9. The van der Waals surface area contributed by atoms with Crippen LogP contribution in [0.25, 0.3) is 0 Å². The van der Waals surface area contributed by atoms with Crippen molar-refractivity contribution in [1.82, 2.24) is 5.32 Å². The minimum Gasteiger partial charge on any atom is -0.493 e. The molecule has 1 amide bonds. The minimum absolute atomic E-state index is 0.109. The standard InChI is InChI=1S/C15H23BrN2O3/c1-5-11(17)6-10-7-12(16)14(13(8-10)20-4)21-9(2)15(19)18-3/h7-9,11H,5-6,17H2,1-4H3,(H,18,19). The number of halogens is 1. The molecule has 3 N–H and O–H groups in total. The summed E-state index contributed by atoms with van der Waals surface area (Å²) >= 11 is 3.47. The summed E-state index contributed by atoms with van der Waals surface area (Å²) in [5, 5.41) is 2.55. The zero-order chi connectivity index (χ0) is 16.0. The molecule has 0 heterocycles. The number of nitrogens with two attached hydrogens (primary N) is 1. The lowest BCUT2D eigenvalue weighted by Gasteiger charge is -2.18. The molecule has 1 aromatic carbocycles. The van der Waals surface area contributed by atoms with Gasteiger partial charge in [0.2, 0.25) is 0 Å². The molecule has 0 saturated heterocycles. The van der Waals surface area contributed by atoms with Gasteiger partial charge in [-0.05, 0) is 53.4 Å². The van der Waals surface area contributed by atoms with Crippen molar-refractivity contribution in [2.75, 3.05) is 14.2 Å². The van der Waals surface area contributed by atoms with Gasteiger partial charge in [-0.1, -0.05) is 6.92 Å². The Bertz CT molecular complexity index is 494. The van der Waals surface area contributed by atoms with E-state index in [2.05, 4.69) is 28.2 Å². The van der Waals surface area contributed by atoms with Crippen molar-refractivity contribution in [2.45, 2.75) is 38.8 Å². The Balaban J connectivity index is 3.02. The molecule has 5 nitrogen and oxygen atoms in total. The number of hydrogen-bond donors (Lipinski definition) is 2. The molecule has 2 unspecified atom stereocenters. The van der Waals surface area contributed by atoms with Crippen LogP contribution in [0.15, 0.2) is 16.6 Å². The molecule has 0 aliphatic heterocycles. The molecule has 0 fully saturated rings. The number of amides is 1. The highest BCUT2D eigenvalue weighted by molar-refractivity contribution is 9.10. The van der Waals surface area contributed by atoms with Gasteiger partial charge in [-0.15, -0.1) is 0 Å². The van der Waals surface area contributed by atoms with Gasteiger partial charge in [-0.3, -0.25) is 4.79 Å². The first-order valence-corrected chi connectivity index (χ1v) is 7.72. The van der Waals surface area contributed by atoms with E-state index in [1.165, 1.54) is 0 Å². The van der Waals surface area contributed by atoms with E-state index in [-0.39, 0.29) is 11.9 Å². The zero-order valence-electron chi connectivity index (χ0n) is 12.9. The Labute approximate surface area is 134 Å². The molecule has 0 bridgehead atoms. The number of carbonyl (C=O) groups is 1. The van der Waals surface area contributed by atoms with Crippen LogP contribution in [-0.4, -0.2) is 32.2 Å². The van der Waals surface area contributed by atoms with E-state index in [1.54, 1.807) is 21.1 Å². The van der Waals surface area contributed by atoms with Gasteiger partial charge in [0, 0.05) is 13.1 Å². The molecule has 1 rings (SSSR count). The molecular weight excluding hydrogens is 336 g/mol. The van der Waals surface area contributed by atoms with E-state index < -0.39 is 6.10 Å². The van der Waals surface area contributed by atoms with Crippen LogP contribution >= 0.6 is 15.9 Å². The van der Waals surface area contributed by atoms with Gasteiger partial charge < -0.3 is 20.5 Å². The molecule has 1 aromatic rings. The summed E-state index contributed by atoms with van der Waals surface area (Å²) in [4.78, 5) is 11.6. The van der Waals surface area contributed by atoms with Gasteiger partial charge in [0.1, 0.15) is 0 Å². The maximum absolute atomic E-state index is 11.6. The third kappa shape index (κ3) is 4.89. The molecule has 21 heavy (non-hydrogen) atoms. The predicted octanol–water partition coefficient (Wildman–Crippen LogP) is 2.25. The fraction of sp³-hybridized carbons (Fsp3) is 0.533. The number of hydrogen-bond acceptors (Lipinski definition) is 4. The SMILES string of the molecule is CCC(N)Cc1cc(Br)c(OC(C)C(=O)NC)c(OC)c1. The topological polar surface area (TPSA) is 73.6 Å². The Hall–Kier alpha value is -1.27. The second-order valence-electron chi connectivity index (χ2n) is 4.86. The van der Waals surface area contributed by atoms with Gasteiger partial charge >= 0.3 is 0 Å². The third-order valence-electron chi connectivity index (χ3n) is 3.22. The van der Waals surface area contributed by atoms with Crippen molar-refractivity contribution in [2.24, 2.45) is 5.73 Å². The van der Waals surface area contributed by atoms with Gasteiger partial charge in [-0.2, -0.15) is 0 Å². The number of methoxy groups -OCH3 is 1. The van der Waals surface area contributed by atoms with Gasteiger partial charge in [0.25, 0.3) is 5.91 Å². The van der Waals surface area contributed by atoms with Crippen LogP contribution in [-0.2, 0) is 11.2 Å². The van der Waals surface area contributed by atoms with Gasteiger partial charge in [0.15, 0.2) is 17.6 Å². The molecule has 0 aliphatic rings. The second kappa shape index (κ2) is 8.24. The highest BCUT2D eigenvalue weighted by Gasteiger charge is 2.19. The van der Waals surface area contributed by atoms with Crippen molar-refractivity contribution < 1.29 is 14.3 Å². The van der Waals surface area contributed by atoms with Crippen LogP contribution < -0.4 is 20.5 Å². The number of benzene rings is 1. The summed E-state index contributed by atoms with van der Waals surface area (Å²) < 4.78 is 11.8. The molecular formula is C15H23BrN2O3. The van der Waals surface area contributed by atoms with E-state index >= 15 is 0 Å². The quantitative estimate of drug-likeness (QED) is 0.783. The average Bonchev–Trinajstić information content (AvgIpc) is 2.48. The van der Waals surface area contributed by atoms with Crippen LogP contribution in [0.1, 0.15) is 25.8 Å². The summed E-state index contributed by atoms with van der Waals surface area (Å²) in [5.74, 6) is 0.905. The van der Waals surface area contributed by atoms with Gasteiger partial charge in [-0.25, -0.2) is 0 Å². The van der Waals surface area contributed by atoms with Crippen molar-refractivity contribution in [3.05, 3.63) is 22.2 Å². The van der Waals surface area contributed by atoms with E-state index in [1.807, 2.05) is 12.1 Å². The van der Waals surface area contributed by atoms with Crippen molar-refractivity contribution in [3.8, 4) is 11.5 Å². The number of nitrogens with one attached hydrogen (secondary N) is 1. The summed E-state index contributed by atoms with van der Waals surface area (Å²) in [5.41, 5.74) is 7.05. The number of ether oxygens (including phenoxy) is 2. The van der Waals surface area contributed by atoms with E-state index in [4.69, 9.17) is 15.2 Å².